The number of carbonyl (C=O) groups is 2. The van der Waals surface area contributed by atoms with Crippen LogP contribution in [0.5, 0.6) is 0 Å². The Morgan fingerprint density at radius 2 is 1.53 bits per heavy atom. The lowest BCUT2D eigenvalue weighted by Gasteiger charge is -1.89. The molecule has 0 fully saturated rings. The van der Waals surface area contributed by atoms with Crippen LogP contribution >= 0.6 is 0 Å². The van der Waals surface area contributed by atoms with E-state index in [4.69, 9.17) is 10.2 Å². The summed E-state index contributed by atoms with van der Waals surface area (Å²) in [6, 6.07) is 0. The van der Waals surface area contributed by atoms with Gasteiger partial charge in [0.2, 0.25) is 0 Å². The van der Waals surface area contributed by atoms with Crippen LogP contribution in [0.25, 0.3) is 0 Å². The molecular weight excluding hydrogens is 248 g/mol. The van der Waals surface area contributed by atoms with Crippen LogP contribution in [0.4, 0.5) is 0 Å². The number of carbonyl (C=O) groups excluding carboxylic acids is 1. The Bertz CT molecular complexity index is 190. The van der Waals surface area contributed by atoms with E-state index in [2.05, 4.69) is 18.6 Å². The maximum atomic E-state index is 9.87. The molecule has 0 saturated heterocycles. The van der Waals surface area contributed by atoms with Gasteiger partial charge in [-0.25, -0.2) is 0 Å². The summed E-state index contributed by atoms with van der Waals surface area (Å²) in [5, 5.41) is 16.2. The first kappa shape index (κ1) is 23.0. The molecule has 0 atom stereocenters. The number of rotatable bonds is 7. The first-order chi connectivity index (χ1) is 8.95. The highest BCUT2D eigenvalue weighted by Gasteiger charge is 1.92. The fourth-order valence-corrected chi connectivity index (χ4v) is 0.888. The molecule has 0 aromatic heterocycles. The van der Waals surface area contributed by atoms with Crippen molar-refractivity contribution in [1.29, 1.82) is 0 Å². The molecule has 5 heteroatoms. The molecule has 0 aliphatic heterocycles. The lowest BCUT2D eigenvalue weighted by molar-refractivity contribution is -0.140. The minimum Gasteiger partial charge on any atom is -0.481 e. The lowest BCUT2D eigenvalue weighted by atomic mass is 10.2. The molecule has 0 spiro atoms. The molecule has 2 N–H and O–H groups in total. The van der Waals surface area contributed by atoms with Crippen molar-refractivity contribution in [3.63, 3.8) is 0 Å². The van der Waals surface area contributed by atoms with Crippen molar-refractivity contribution >= 4 is 11.9 Å². The van der Waals surface area contributed by atoms with Crippen LogP contribution in [0.3, 0.4) is 0 Å². The minimum absolute atomic E-state index is 0.211. The quantitative estimate of drug-likeness (QED) is 0.552. The van der Waals surface area contributed by atoms with Crippen LogP contribution in [0.1, 0.15) is 66.2 Å². The van der Waals surface area contributed by atoms with Gasteiger partial charge in [-0.1, -0.05) is 33.1 Å². The van der Waals surface area contributed by atoms with E-state index in [0.29, 0.717) is 19.6 Å². The number of aliphatic hydroxyl groups excluding tert-OH is 1. The van der Waals surface area contributed by atoms with Crippen LogP contribution in [0.15, 0.2) is 0 Å². The zero-order chi connectivity index (χ0) is 15.5. The third kappa shape index (κ3) is 47.4. The monoisotopic (exact) mass is 278 g/mol. The molecule has 0 radical (unpaired) electrons. The summed E-state index contributed by atoms with van der Waals surface area (Å²) in [6.45, 7) is 8.11. The van der Waals surface area contributed by atoms with Gasteiger partial charge in [-0.15, -0.1) is 0 Å². The van der Waals surface area contributed by atoms with Crippen LogP contribution < -0.4 is 0 Å². The van der Waals surface area contributed by atoms with Gasteiger partial charge in [0, 0.05) is 20.0 Å². The molecule has 0 aromatic carbocycles. The van der Waals surface area contributed by atoms with Crippen LogP contribution in [-0.4, -0.2) is 35.4 Å². The molecule has 0 aliphatic carbocycles. The van der Waals surface area contributed by atoms with Crippen molar-refractivity contribution in [2.24, 2.45) is 0 Å². The van der Waals surface area contributed by atoms with E-state index in [1.807, 2.05) is 0 Å². The lowest BCUT2D eigenvalue weighted by Crippen LogP contribution is -1.95. The maximum Gasteiger partial charge on any atom is 0.303 e. The molecule has 0 saturated carbocycles. The number of hydrogen-bond donors (Lipinski definition) is 2. The van der Waals surface area contributed by atoms with Gasteiger partial charge in [-0.2, -0.15) is 0 Å². The molecule has 0 unspecified atom stereocenters. The smallest absolute Gasteiger partial charge is 0.303 e. The Morgan fingerprint density at radius 1 is 1.00 bits per heavy atom. The summed E-state index contributed by atoms with van der Waals surface area (Å²) in [6.07, 6.45) is 5.32. The number of esters is 1. The number of unbranched alkanes of at least 4 members (excludes halogenated alkanes) is 3. The van der Waals surface area contributed by atoms with Gasteiger partial charge >= 0.3 is 11.9 Å². The first-order valence-electron chi connectivity index (χ1n) is 6.92. The summed E-state index contributed by atoms with van der Waals surface area (Å²) in [7, 11) is 0. The minimum atomic E-state index is -0.682. The Labute approximate surface area is 117 Å². The van der Waals surface area contributed by atoms with Gasteiger partial charge < -0.3 is 14.9 Å². The zero-order valence-corrected chi connectivity index (χ0v) is 12.8. The Hall–Kier alpha value is -1.10. The van der Waals surface area contributed by atoms with E-state index < -0.39 is 5.97 Å². The van der Waals surface area contributed by atoms with E-state index in [1.165, 1.54) is 6.92 Å². The SMILES string of the molecule is CCCCCC(=O)O.CCCCO.CCOC(C)=O. The maximum absolute atomic E-state index is 9.87. The number of hydrogen-bond acceptors (Lipinski definition) is 4. The van der Waals surface area contributed by atoms with Gasteiger partial charge in [-0.05, 0) is 19.8 Å². The predicted octanol–water partition coefficient (Wildman–Crippen LogP) is 3.00. The molecule has 116 valence electrons. The highest BCUT2D eigenvalue weighted by Crippen LogP contribution is 1.97. The van der Waals surface area contributed by atoms with E-state index in [0.717, 1.165) is 32.1 Å². The molecule has 0 aromatic rings. The van der Waals surface area contributed by atoms with Crippen molar-refractivity contribution in [1.82, 2.24) is 0 Å². The second-order valence-corrected chi connectivity index (χ2v) is 3.85. The second kappa shape index (κ2) is 22.1. The van der Waals surface area contributed by atoms with E-state index in [9.17, 15) is 9.59 Å². The molecular formula is C14H30O5. The number of carboxylic acids is 1. The normalized spacial score (nSPS) is 8.47. The second-order valence-electron chi connectivity index (χ2n) is 3.85. The number of aliphatic hydroxyl groups is 1. The Morgan fingerprint density at radius 3 is 1.68 bits per heavy atom. The highest BCUT2D eigenvalue weighted by molar-refractivity contribution is 5.66. The number of ether oxygens (including phenoxy) is 1. The summed E-state index contributed by atoms with van der Waals surface area (Å²) >= 11 is 0. The predicted molar refractivity (Wildman–Crippen MR) is 76.1 cm³/mol. The zero-order valence-electron chi connectivity index (χ0n) is 12.8. The van der Waals surface area contributed by atoms with Crippen molar-refractivity contribution in [3.8, 4) is 0 Å². The molecule has 0 bridgehead atoms. The van der Waals surface area contributed by atoms with E-state index in [-0.39, 0.29) is 5.97 Å². The van der Waals surface area contributed by atoms with Crippen LogP contribution in [0.2, 0.25) is 0 Å². The summed E-state index contributed by atoms with van der Waals surface area (Å²) < 4.78 is 4.40. The fraction of sp³-hybridized carbons (Fsp3) is 0.857. The van der Waals surface area contributed by atoms with Gasteiger partial charge in [0.15, 0.2) is 0 Å². The topological polar surface area (TPSA) is 83.8 Å². The molecule has 0 aliphatic rings. The standard InChI is InChI=1S/C6H12O2.C4H8O2.C4H10O/c1-2-3-4-5-6(7)8;1-3-6-4(2)5;1-2-3-4-5/h2-5H2,1H3,(H,7,8);3H2,1-2H3;5H,2-4H2,1H3. The number of aliphatic carboxylic acids is 1. The molecule has 19 heavy (non-hydrogen) atoms. The summed E-state index contributed by atoms with van der Waals surface area (Å²) in [5.41, 5.74) is 0. The Kier molecular flexibility index (Phi) is 26.8. The van der Waals surface area contributed by atoms with Gasteiger partial charge in [-0.3, -0.25) is 9.59 Å². The molecule has 0 rings (SSSR count). The van der Waals surface area contributed by atoms with Gasteiger partial charge in [0.05, 0.1) is 6.61 Å². The summed E-state index contributed by atoms with van der Waals surface area (Å²) in [5.74, 6) is -0.893. The van der Waals surface area contributed by atoms with Crippen LogP contribution in [0, 0.1) is 0 Å². The van der Waals surface area contributed by atoms with Crippen molar-refractivity contribution in [3.05, 3.63) is 0 Å². The van der Waals surface area contributed by atoms with Crippen molar-refractivity contribution in [2.45, 2.75) is 66.2 Å². The largest absolute Gasteiger partial charge is 0.481 e. The fourth-order valence-electron chi connectivity index (χ4n) is 0.888. The van der Waals surface area contributed by atoms with Crippen molar-refractivity contribution in [2.75, 3.05) is 13.2 Å². The van der Waals surface area contributed by atoms with Gasteiger partial charge in [0.1, 0.15) is 0 Å². The summed E-state index contributed by atoms with van der Waals surface area (Å²) in [4.78, 5) is 19.7. The van der Waals surface area contributed by atoms with E-state index in [1.54, 1.807) is 6.92 Å². The number of carboxylic acid groups (broad SMARTS) is 1. The average Bonchev–Trinajstić information content (AvgIpc) is 2.31. The molecule has 0 heterocycles. The molecule has 0 amide bonds. The highest BCUT2D eigenvalue weighted by atomic mass is 16.5. The first-order valence-corrected chi connectivity index (χ1v) is 6.92. The van der Waals surface area contributed by atoms with Crippen LogP contribution in [-0.2, 0) is 14.3 Å². The van der Waals surface area contributed by atoms with E-state index >= 15 is 0 Å². The van der Waals surface area contributed by atoms with Gasteiger partial charge in [0.25, 0.3) is 0 Å². The average molecular weight is 278 g/mol. The third-order valence-corrected chi connectivity index (χ3v) is 1.85. The Balaban J connectivity index is -0.000000209. The van der Waals surface area contributed by atoms with Crippen molar-refractivity contribution < 1.29 is 24.5 Å². The third-order valence-electron chi connectivity index (χ3n) is 1.85. The molecule has 5 nitrogen and oxygen atoms in total.